The van der Waals surface area contributed by atoms with Crippen molar-refractivity contribution in [3.63, 3.8) is 0 Å². The molecule has 1 saturated carbocycles. The number of nitrogens with one attached hydrogen (secondary N) is 1. The number of aromatic nitrogens is 2. The van der Waals surface area contributed by atoms with Crippen LogP contribution in [-0.4, -0.2) is 45.6 Å². The highest BCUT2D eigenvalue weighted by Crippen LogP contribution is 2.31. The zero-order chi connectivity index (χ0) is 17.2. The molecule has 2 aromatic rings. The third kappa shape index (κ3) is 3.43. The van der Waals surface area contributed by atoms with Gasteiger partial charge in [0, 0.05) is 37.4 Å². The van der Waals surface area contributed by atoms with E-state index in [-0.39, 0.29) is 17.9 Å². The van der Waals surface area contributed by atoms with E-state index in [1.54, 1.807) is 10.9 Å². The van der Waals surface area contributed by atoms with Crippen molar-refractivity contribution in [1.29, 1.82) is 0 Å². The van der Waals surface area contributed by atoms with Crippen LogP contribution in [-0.2, 0) is 4.79 Å². The van der Waals surface area contributed by atoms with Crippen LogP contribution < -0.4 is 5.32 Å². The number of carbonyl (C=O) groups excluding carboxylic acids is 2. The Hall–Kier alpha value is -2.63. The van der Waals surface area contributed by atoms with Crippen molar-refractivity contribution in [3.05, 3.63) is 48.3 Å². The van der Waals surface area contributed by atoms with Gasteiger partial charge < -0.3 is 10.2 Å². The van der Waals surface area contributed by atoms with Crippen molar-refractivity contribution in [2.75, 3.05) is 13.1 Å². The summed E-state index contributed by atoms with van der Waals surface area (Å²) in [6.07, 6.45) is 7.23. The Morgan fingerprint density at radius 1 is 1.04 bits per heavy atom. The number of para-hydroxylation sites is 1. The van der Waals surface area contributed by atoms with Crippen molar-refractivity contribution >= 4 is 11.8 Å². The Morgan fingerprint density at radius 2 is 1.80 bits per heavy atom. The molecule has 1 aromatic heterocycles. The van der Waals surface area contributed by atoms with Gasteiger partial charge in [-0.1, -0.05) is 12.1 Å². The zero-order valence-corrected chi connectivity index (χ0v) is 14.1. The van der Waals surface area contributed by atoms with E-state index in [1.165, 1.54) is 0 Å². The van der Waals surface area contributed by atoms with Crippen LogP contribution in [0.3, 0.4) is 0 Å². The summed E-state index contributed by atoms with van der Waals surface area (Å²) in [6, 6.07) is 9.41. The van der Waals surface area contributed by atoms with Crippen molar-refractivity contribution in [1.82, 2.24) is 20.0 Å². The van der Waals surface area contributed by atoms with Gasteiger partial charge >= 0.3 is 0 Å². The molecular formula is C19H22N4O2. The quantitative estimate of drug-likeness (QED) is 0.927. The number of carbonyl (C=O) groups is 2. The standard InChI is InChI=1S/C19H22N4O2/c24-18(16-4-1-2-5-17(16)23-11-3-10-20-23)21-15-8-12-22(13-9-15)19(25)14-6-7-14/h1-5,10-11,14-15H,6-9,12-13H2,(H,21,24). The average molecular weight is 338 g/mol. The maximum Gasteiger partial charge on any atom is 0.253 e. The minimum absolute atomic E-state index is 0.0851. The Morgan fingerprint density at radius 3 is 2.48 bits per heavy atom. The smallest absolute Gasteiger partial charge is 0.253 e. The number of likely N-dealkylation sites (tertiary alicyclic amines) is 1. The normalized spacial score (nSPS) is 18.2. The number of hydrogen-bond donors (Lipinski definition) is 1. The van der Waals surface area contributed by atoms with Crippen LogP contribution in [0.15, 0.2) is 42.7 Å². The molecule has 1 saturated heterocycles. The lowest BCUT2D eigenvalue weighted by atomic mass is 10.0. The Bertz CT molecular complexity index is 759. The summed E-state index contributed by atoms with van der Waals surface area (Å²) in [7, 11) is 0. The molecule has 0 atom stereocenters. The molecule has 2 amide bonds. The molecule has 2 aliphatic rings. The van der Waals surface area contributed by atoms with E-state index < -0.39 is 0 Å². The lowest BCUT2D eigenvalue weighted by molar-refractivity contribution is -0.133. The molecule has 1 aliphatic heterocycles. The van der Waals surface area contributed by atoms with E-state index in [4.69, 9.17) is 0 Å². The summed E-state index contributed by atoms with van der Waals surface area (Å²) >= 11 is 0. The van der Waals surface area contributed by atoms with Crippen LogP contribution in [0, 0.1) is 5.92 Å². The monoisotopic (exact) mass is 338 g/mol. The van der Waals surface area contributed by atoms with Crippen LogP contribution in [0.1, 0.15) is 36.0 Å². The van der Waals surface area contributed by atoms with Crippen LogP contribution in [0.25, 0.3) is 5.69 Å². The first-order valence-electron chi connectivity index (χ1n) is 8.91. The maximum absolute atomic E-state index is 12.7. The number of nitrogens with zero attached hydrogens (tertiary/aromatic N) is 3. The number of amides is 2. The fourth-order valence-corrected chi connectivity index (χ4v) is 3.37. The van der Waals surface area contributed by atoms with Crippen LogP contribution in [0.5, 0.6) is 0 Å². The SMILES string of the molecule is O=C(NC1CCN(C(=O)C2CC2)CC1)c1ccccc1-n1cccn1. The summed E-state index contributed by atoms with van der Waals surface area (Å²) in [5, 5.41) is 7.34. The van der Waals surface area contributed by atoms with Gasteiger partial charge in [-0.2, -0.15) is 5.10 Å². The van der Waals surface area contributed by atoms with Gasteiger partial charge in [0.25, 0.3) is 5.91 Å². The zero-order valence-electron chi connectivity index (χ0n) is 14.1. The van der Waals surface area contributed by atoms with Gasteiger partial charge in [0.1, 0.15) is 0 Å². The lowest BCUT2D eigenvalue weighted by Crippen LogP contribution is -2.47. The van der Waals surface area contributed by atoms with Crippen molar-refractivity contribution in [2.45, 2.75) is 31.7 Å². The van der Waals surface area contributed by atoms with E-state index >= 15 is 0 Å². The van der Waals surface area contributed by atoms with E-state index in [1.807, 2.05) is 41.4 Å². The highest BCUT2D eigenvalue weighted by molar-refractivity contribution is 5.97. The minimum atomic E-state index is -0.0851. The third-order valence-corrected chi connectivity index (χ3v) is 4.97. The number of benzene rings is 1. The summed E-state index contributed by atoms with van der Waals surface area (Å²) in [4.78, 5) is 26.8. The third-order valence-electron chi connectivity index (χ3n) is 4.97. The van der Waals surface area contributed by atoms with Crippen LogP contribution >= 0.6 is 0 Å². The van der Waals surface area contributed by atoms with Crippen LogP contribution in [0.4, 0.5) is 0 Å². The number of piperidine rings is 1. The molecule has 25 heavy (non-hydrogen) atoms. The van der Waals surface area contributed by atoms with Gasteiger partial charge in [-0.25, -0.2) is 4.68 Å². The van der Waals surface area contributed by atoms with Crippen molar-refractivity contribution in [3.8, 4) is 5.69 Å². The van der Waals surface area contributed by atoms with Gasteiger partial charge in [-0.05, 0) is 43.9 Å². The number of hydrogen-bond acceptors (Lipinski definition) is 3. The second-order valence-electron chi connectivity index (χ2n) is 6.82. The molecule has 0 spiro atoms. The molecule has 6 nitrogen and oxygen atoms in total. The summed E-state index contributed by atoms with van der Waals surface area (Å²) in [5.74, 6) is 0.485. The first kappa shape index (κ1) is 15.9. The Kier molecular flexibility index (Phi) is 4.26. The topological polar surface area (TPSA) is 67.2 Å². The molecule has 0 bridgehead atoms. The first-order valence-corrected chi connectivity index (χ1v) is 8.91. The molecule has 1 aromatic carbocycles. The second kappa shape index (κ2) is 6.70. The van der Waals surface area contributed by atoms with Crippen LogP contribution in [0.2, 0.25) is 0 Å². The molecule has 2 heterocycles. The van der Waals surface area contributed by atoms with Gasteiger partial charge in [-0.15, -0.1) is 0 Å². The maximum atomic E-state index is 12.7. The summed E-state index contributed by atoms with van der Waals surface area (Å²) < 4.78 is 1.70. The Balaban J connectivity index is 1.39. The fourth-order valence-electron chi connectivity index (χ4n) is 3.37. The second-order valence-corrected chi connectivity index (χ2v) is 6.82. The summed E-state index contributed by atoms with van der Waals surface area (Å²) in [6.45, 7) is 1.47. The molecule has 2 fully saturated rings. The highest BCUT2D eigenvalue weighted by Gasteiger charge is 2.35. The predicted octanol–water partition coefficient (Wildman–Crippen LogP) is 2.00. The molecule has 1 aliphatic carbocycles. The van der Waals surface area contributed by atoms with Gasteiger partial charge in [0.2, 0.25) is 5.91 Å². The Labute approximate surface area is 146 Å². The van der Waals surface area contributed by atoms with Crippen molar-refractivity contribution < 1.29 is 9.59 Å². The predicted molar refractivity (Wildman–Crippen MR) is 93.4 cm³/mol. The average Bonchev–Trinajstić information content (AvgIpc) is 3.36. The van der Waals surface area contributed by atoms with E-state index in [0.29, 0.717) is 11.5 Å². The molecule has 0 unspecified atom stereocenters. The van der Waals surface area contributed by atoms with E-state index in [0.717, 1.165) is 44.5 Å². The molecule has 4 rings (SSSR count). The molecule has 6 heteroatoms. The first-order chi connectivity index (χ1) is 12.2. The van der Waals surface area contributed by atoms with E-state index in [9.17, 15) is 9.59 Å². The molecule has 1 N–H and O–H groups in total. The lowest BCUT2D eigenvalue weighted by Gasteiger charge is -2.32. The minimum Gasteiger partial charge on any atom is -0.349 e. The molecule has 0 radical (unpaired) electrons. The van der Waals surface area contributed by atoms with Gasteiger partial charge in [0.05, 0.1) is 11.3 Å². The van der Waals surface area contributed by atoms with Gasteiger partial charge in [0.15, 0.2) is 0 Å². The summed E-state index contributed by atoms with van der Waals surface area (Å²) in [5.41, 5.74) is 1.38. The van der Waals surface area contributed by atoms with Crippen molar-refractivity contribution in [2.24, 2.45) is 5.92 Å². The molecular weight excluding hydrogens is 316 g/mol. The van der Waals surface area contributed by atoms with E-state index in [2.05, 4.69) is 10.4 Å². The molecule has 130 valence electrons. The number of rotatable bonds is 4. The largest absolute Gasteiger partial charge is 0.349 e. The fraction of sp³-hybridized carbons (Fsp3) is 0.421. The van der Waals surface area contributed by atoms with Gasteiger partial charge in [-0.3, -0.25) is 9.59 Å². The highest BCUT2D eigenvalue weighted by atomic mass is 16.2.